The number of rotatable bonds is 2. The maximum Gasteiger partial charge on any atom is 0.338 e. The van der Waals surface area contributed by atoms with Gasteiger partial charge in [-0.15, -0.1) is 6.42 Å². The van der Waals surface area contributed by atoms with Crippen LogP contribution in [-0.4, -0.2) is 11.6 Å². The van der Waals surface area contributed by atoms with Crippen molar-refractivity contribution < 1.29 is 13.9 Å². The lowest BCUT2D eigenvalue weighted by Gasteiger charge is -2.19. The molecule has 0 bridgehead atoms. The average molecular weight is 296 g/mol. The number of esters is 1. The van der Waals surface area contributed by atoms with Crippen LogP contribution in [0.1, 0.15) is 36.7 Å². The number of benzene rings is 2. The van der Waals surface area contributed by atoms with Gasteiger partial charge in [0.2, 0.25) is 0 Å². The highest BCUT2D eigenvalue weighted by atomic mass is 19.1. The molecule has 0 aliphatic heterocycles. The lowest BCUT2D eigenvalue weighted by Crippen LogP contribution is -2.23. The molecule has 0 amide bonds. The summed E-state index contributed by atoms with van der Waals surface area (Å²) in [6.07, 6.45) is 5.41. The molecule has 2 nitrogen and oxygen atoms in total. The standard InChI is InChI=1S/C19H17FO2/c1-5-13-12-16(20)10-11-17(13)14-6-8-15(9-7-14)18(21)22-19(2,3)4/h1,6-12H,2-4H3. The molecule has 0 saturated heterocycles. The fourth-order valence-electron chi connectivity index (χ4n) is 2.01. The van der Waals surface area contributed by atoms with E-state index >= 15 is 0 Å². The van der Waals surface area contributed by atoms with Crippen LogP contribution in [0.4, 0.5) is 4.39 Å². The Labute approximate surface area is 129 Å². The van der Waals surface area contributed by atoms with Crippen molar-refractivity contribution in [2.45, 2.75) is 26.4 Å². The molecule has 0 heterocycles. The first kappa shape index (κ1) is 15.8. The Morgan fingerprint density at radius 1 is 1.14 bits per heavy atom. The molecule has 2 aromatic carbocycles. The van der Waals surface area contributed by atoms with Crippen LogP contribution in [0.15, 0.2) is 42.5 Å². The van der Waals surface area contributed by atoms with Crippen LogP contribution in [-0.2, 0) is 4.74 Å². The summed E-state index contributed by atoms with van der Waals surface area (Å²) in [6.45, 7) is 5.45. The van der Waals surface area contributed by atoms with Crippen molar-refractivity contribution in [1.29, 1.82) is 0 Å². The molecule has 22 heavy (non-hydrogen) atoms. The highest BCUT2D eigenvalue weighted by Crippen LogP contribution is 2.25. The summed E-state index contributed by atoms with van der Waals surface area (Å²) in [5.74, 6) is 1.72. The van der Waals surface area contributed by atoms with Crippen molar-refractivity contribution in [2.24, 2.45) is 0 Å². The van der Waals surface area contributed by atoms with E-state index in [2.05, 4.69) is 5.92 Å². The Morgan fingerprint density at radius 2 is 1.77 bits per heavy atom. The molecule has 0 aliphatic rings. The van der Waals surface area contributed by atoms with Gasteiger partial charge in [0.1, 0.15) is 11.4 Å². The van der Waals surface area contributed by atoms with Crippen LogP contribution in [0.25, 0.3) is 11.1 Å². The Bertz CT molecular complexity index is 732. The van der Waals surface area contributed by atoms with Crippen LogP contribution >= 0.6 is 0 Å². The molecule has 2 aromatic rings. The monoisotopic (exact) mass is 296 g/mol. The highest BCUT2D eigenvalue weighted by Gasteiger charge is 2.17. The minimum Gasteiger partial charge on any atom is -0.456 e. The Hall–Kier alpha value is -2.60. The molecule has 0 atom stereocenters. The molecule has 0 unspecified atom stereocenters. The van der Waals surface area contributed by atoms with E-state index in [0.29, 0.717) is 11.1 Å². The first-order valence-electron chi connectivity index (χ1n) is 6.90. The van der Waals surface area contributed by atoms with Gasteiger partial charge in [0.05, 0.1) is 5.56 Å². The minimum atomic E-state index is -0.538. The summed E-state index contributed by atoms with van der Waals surface area (Å²) in [4.78, 5) is 12.0. The number of hydrogen-bond donors (Lipinski definition) is 0. The quantitative estimate of drug-likeness (QED) is 0.605. The third-order valence-corrected chi connectivity index (χ3v) is 2.97. The van der Waals surface area contributed by atoms with E-state index in [1.165, 1.54) is 12.1 Å². The third kappa shape index (κ3) is 3.73. The van der Waals surface area contributed by atoms with Gasteiger partial charge < -0.3 is 4.74 Å². The largest absolute Gasteiger partial charge is 0.456 e. The topological polar surface area (TPSA) is 26.3 Å². The van der Waals surface area contributed by atoms with Gasteiger partial charge in [-0.3, -0.25) is 0 Å². The minimum absolute atomic E-state index is 0.373. The first-order chi connectivity index (χ1) is 10.3. The number of hydrogen-bond acceptors (Lipinski definition) is 2. The molecule has 0 aromatic heterocycles. The predicted octanol–water partition coefficient (Wildman–Crippen LogP) is 4.43. The van der Waals surface area contributed by atoms with Crippen LogP contribution in [0, 0.1) is 18.2 Å². The third-order valence-electron chi connectivity index (χ3n) is 2.97. The number of carbonyl (C=O) groups excluding carboxylic acids is 1. The molecule has 0 fully saturated rings. The van der Waals surface area contributed by atoms with Gasteiger partial charge in [0.15, 0.2) is 0 Å². The van der Waals surface area contributed by atoms with E-state index in [0.717, 1.165) is 11.1 Å². The van der Waals surface area contributed by atoms with Gasteiger partial charge in [-0.1, -0.05) is 24.1 Å². The van der Waals surface area contributed by atoms with E-state index in [1.54, 1.807) is 30.3 Å². The Balaban J connectivity index is 2.30. The van der Waals surface area contributed by atoms with E-state index < -0.39 is 5.60 Å². The van der Waals surface area contributed by atoms with Crippen molar-refractivity contribution >= 4 is 5.97 Å². The maximum absolute atomic E-state index is 13.2. The van der Waals surface area contributed by atoms with Gasteiger partial charge >= 0.3 is 5.97 Å². The highest BCUT2D eigenvalue weighted by molar-refractivity contribution is 5.90. The number of carbonyl (C=O) groups is 1. The van der Waals surface area contributed by atoms with Crippen LogP contribution in [0.5, 0.6) is 0 Å². The second kappa shape index (κ2) is 6.03. The fraction of sp³-hybridized carbons (Fsp3) is 0.211. The Kier molecular flexibility index (Phi) is 4.32. The van der Waals surface area contributed by atoms with Crippen molar-refractivity contribution in [3.05, 3.63) is 59.4 Å². The van der Waals surface area contributed by atoms with Gasteiger partial charge in [0.25, 0.3) is 0 Å². The molecule has 112 valence electrons. The van der Waals surface area contributed by atoms with Gasteiger partial charge in [-0.05, 0) is 56.2 Å². The zero-order valence-electron chi connectivity index (χ0n) is 12.8. The average Bonchev–Trinajstić information content (AvgIpc) is 2.45. The summed E-state index contributed by atoms with van der Waals surface area (Å²) in [5, 5.41) is 0. The maximum atomic E-state index is 13.2. The molecule has 3 heteroatoms. The van der Waals surface area contributed by atoms with E-state index in [9.17, 15) is 9.18 Å². The molecule has 0 aliphatic carbocycles. The second-order valence-electron chi connectivity index (χ2n) is 5.91. The second-order valence-corrected chi connectivity index (χ2v) is 5.91. The number of ether oxygens (including phenoxy) is 1. The molecule has 2 rings (SSSR count). The number of halogens is 1. The van der Waals surface area contributed by atoms with Crippen molar-refractivity contribution in [3.63, 3.8) is 0 Å². The van der Waals surface area contributed by atoms with Gasteiger partial charge in [-0.25, -0.2) is 9.18 Å². The smallest absolute Gasteiger partial charge is 0.338 e. The lowest BCUT2D eigenvalue weighted by molar-refractivity contribution is 0.00696. The summed E-state index contributed by atoms with van der Waals surface area (Å²) < 4.78 is 18.5. The summed E-state index contributed by atoms with van der Waals surface area (Å²) in [5.41, 5.74) is 1.97. The molecule has 0 N–H and O–H groups in total. The summed E-state index contributed by atoms with van der Waals surface area (Å²) in [7, 11) is 0. The van der Waals surface area contributed by atoms with Crippen molar-refractivity contribution in [2.75, 3.05) is 0 Å². The zero-order chi connectivity index (χ0) is 16.3. The van der Waals surface area contributed by atoms with Gasteiger partial charge in [0, 0.05) is 5.56 Å². The van der Waals surface area contributed by atoms with E-state index in [1.807, 2.05) is 20.8 Å². The number of terminal acetylenes is 1. The van der Waals surface area contributed by atoms with E-state index in [4.69, 9.17) is 11.2 Å². The molecular formula is C19H17FO2. The molecular weight excluding hydrogens is 279 g/mol. The van der Waals surface area contributed by atoms with Crippen molar-refractivity contribution in [1.82, 2.24) is 0 Å². The Morgan fingerprint density at radius 3 is 2.32 bits per heavy atom. The van der Waals surface area contributed by atoms with E-state index in [-0.39, 0.29) is 11.8 Å². The summed E-state index contributed by atoms with van der Waals surface area (Å²) in [6, 6.07) is 11.2. The fourth-order valence-corrected chi connectivity index (χ4v) is 2.01. The normalized spacial score (nSPS) is 10.9. The van der Waals surface area contributed by atoms with Gasteiger partial charge in [-0.2, -0.15) is 0 Å². The predicted molar refractivity (Wildman–Crippen MR) is 84.9 cm³/mol. The van der Waals surface area contributed by atoms with Crippen LogP contribution in [0.2, 0.25) is 0 Å². The van der Waals surface area contributed by atoms with Crippen molar-refractivity contribution in [3.8, 4) is 23.5 Å². The molecule has 0 radical (unpaired) electrons. The van der Waals surface area contributed by atoms with Crippen LogP contribution < -0.4 is 0 Å². The summed E-state index contributed by atoms with van der Waals surface area (Å²) >= 11 is 0. The zero-order valence-corrected chi connectivity index (χ0v) is 12.8. The first-order valence-corrected chi connectivity index (χ1v) is 6.90. The molecule has 0 saturated carbocycles. The SMILES string of the molecule is C#Cc1cc(F)ccc1-c1ccc(C(=O)OC(C)(C)C)cc1. The van der Waals surface area contributed by atoms with Crippen LogP contribution in [0.3, 0.4) is 0 Å². The molecule has 0 spiro atoms. The lowest BCUT2D eigenvalue weighted by atomic mass is 9.99.